The molecule has 1 aromatic carbocycles. The summed E-state index contributed by atoms with van der Waals surface area (Å²) in [6.45, 7) is 3.43. The molecule has 0 fully saturated rings. The van der Waals surface area contributed by atoms with Crippen molar-refractivity contribution >= 4 is 55.7 Å². The van der Waals surface area contributed by atoms with Crippen molar-refractivity contribution in [2.45, 2.75) is 33.1 Å². The minimum atomic E-state index is -0.754. The quantitative estimate of drug-likeness (QED) is 0.484. The third-order valence-corrected chi connectivity index (χ3v) is 7.00. The van der Waals surface area contributed by atoms with Crippen LogP contribution in [0.2, 0.25) is 0 Å². The summed E-state index contributed by atoms with van der Waals surface area (Å²) in [6.07, 6.45) is 1.59. The highest BCUT2D eigenvalue weighted by Gasteiger charge is 2.38. The smallest absolute Gasteiger partial charge is 0.312 e. The second-order valence-corrected chi connectivity index (χ2v) is 8.92. The molecule has 2 amide bonds. The Labute approximate surface area is 182 Å². The normalized spacial score (nSPS) is 11.4. The largest absolute Gasteiger partial charge is 0.455 e. The summed E-state index contributed by atoms with van der Waals surface area (Å²) in [5.41, 5.74) is 5.66. The molecule has 0 saturated carbocycles. The molecule has 0 atom stereocenters. The molecule has 0 aliphatic carbocycles. The molecule has 0 unspecified atom stereocenters. The summed E-state index contributed by atoms with van der Waals surface area (Å²) in [4.78, 5) is 41.2. The van der Waals surface area contributed by atoms with Crippen LogP contribution in [0.1, 0.15) is 42.1 Å². The van der Waals surface area contributed by atoms with Gasteiger partial charge in [-0.05, 0) is 36.4 Å². The fourth-order valence-electron chi connectivity index (χ4n) is 3.19. The first-order chi connectivity index (χ1) is 14.4. The molecule has 30 heavy (non-hydrogen) atoms. The summed E-state index contributed by atoms with van der Waals surface area (Å²) in [6, 6.07) is 9.38. The Morgan fingerprint density at radius 2 is 1.90 bits per heavy atom. The van der Waals surface area contributed by atoms with E-state index in [9.17, 15) is 14.4 Å². The van der Waals surface area contributed by atoms with Crippen molar-refractivity contribution in [1.29, 1.82) is 0 Å². The van der Waals surface area contributed by atoms with E-state index in [0.717, 1.165) is 15.2 Å². The van der Waals surface area contributed by atoms with Crippen molar-refractivity contribution in [3.8, 4) is 0 Å². The van der Waals surface area contributed by atoms with E-state index in [4.69, 9.17) is 10.5 Å². The standard InChI is InChI=1S/C21H23N3O4S2/c1-3-21(4-2,11-17-23-14-7-5-6-8-15(14)30-17)20(27)28-12-16(25)24-19-13(18(22)26)9-10-29-19/h5-10H,3-4,11-12H2,1-2H3,(H2,22,26)(H,24,25). The van der Waals surface area contributed by atoms with Gasteiger partial charge in [-0.1, -0.05) is 26.0 Å². The number of nitrogens with zero attached hydrogens (tertiary/aromatic N) is 1. The lowest BCUT2D eigenvalue weighted by atomic mass is 9.79. The summed E-state index contributed by atoms with van der Waals surface area (Å²) < 4.78 is 6.43. The number of thiazole rings is 1. The Hall–Kier alpha value is -2.78. The predicted octanol–water partition coefficient (Wildman–Crippen LogP) is 3.99. The Balaban J connectivity index is 1.66. The zero-order chi connectivity index (χ0) is 21.7. The minimum Gasteiger partial charge on any atom is -0.455 e. The second-order valence-electron chi connectivity index (χ2n) is 6.89. The summed E-state index contributed by atoms with van der Waals surface area (Å²) in [7, 11) is 0. The van der Waals surface area contributed by atoms with Crippen LogP contribution < -0.4 is 11.1 Å². The number of anilines is 1. The first kappa shape index (κ1) is 21.9. The molecular weight excluding hydrogens is 422 g/mol. The fraction of sp³-hybridized carbons (Fsp3) is 0.333. The molecule has 9 heteroatoms. The summed E-state index contributed by atoms with van der Waals surface area (Å²) in [5.74, 6) is -1.58. The lowest BCUT2D eigenvalue weighted by Crippen LogP contribution is -2.36. The van der Waals surface area contributed by atoms with E-state index >= 15 is 0 Å². The fourth-order valence-corrected chi connectivity index (χ4v) is 5.11. The van der Waals surface area contributed by atoms with Crippen molar-refractivity contribution in [1.82, 2.24) is 4.98 Å². The highest BCUT2D eigenvalue weighted by molar-refractivity contribution is 7.18. The van der Waals surface area contributed by atoms with Crippen LogP contribution in [0.25, 0.3) is 10.2 Å². The molecule has 0 radical (unpaired) electrons. The third-order valence-electron chi connectivity index (χ3n) is 5.13. The molecule has 0 aliphatic rings. The zero-order valence-electron chi connectivity index (χ0n) is 16.8. The van der Waals surface area contributed by atoms with Gasteiger partial charge in [0.25, 0.3) is 11.8 Å². The summed E-state index contributed by atoms with van der Waals surface area (Å²) >= 11 is 2.74. The van der Waals surface area contributed by atoms with E-state index in [1.54, 1.807) is 16.7 Å². The molecule has 3 rings (SSSR count). The molecule has 7 nitrogen and oxygen atoms in total. The van der Waals surface area contributed by atoms with Gasteiger partial charge in [-0.15, -0.1) is 22.7 Å². The van der Waals surface area contributed by atoms with Crippen LogP contribution in [0.15, 0.2) is 35.7 Å². The number of thiophene rings is 1. The second kappa shape index (κ2) is 9.36. The van der Waals surface area contributed by atoms with Gasteiger partial charge in [0.05, 0.1) is 26.2 Å². The first-order valence-corrected chi connectivity index (χ1v) is 11.3. The maximum absolute atomic E-state index is 12.9. The van der Waals surface area contributed by atoms with E-state index in [1.807, 2.05) is 38.1 Å². The number of nitrogens with two attached hydrogens (primary N) is 1. The van der Waals surface area contributed by atoms with Gasteiger partial charge in [0.1, 0.15) is 5.00 Å². The lowest BCUT2D eigenvalue weighted by molar-refractivity contribution is -0.158. The number of rotatable bonds is 9. The van der Waals surface area contributed by atoms with Gasteiger partial charge in [0.2, 0.25) is 0 Å². The van der Waals surface area contributed by atoms with Crippen molar-refractivity contribution in [2.24, 2.45) is 11.1 Å². The average molecular weight is 446 g/mol. The number of amides is 2. The predicted molar refractivity (Wildman–Crippen MR) is 119 cm³/mol. The molecule has 0 aliphatic heterocycles. The number of carbonyl (C=O) groups excluding carboxylic acids is 3. The number of esters is 1. The van der Waals surface area contributed by atoms with Crippen LogP contribution in [0.3, 0.4) is 0 Å². The van der Waals surface area contributed by atoms with Crippen LogP contribution in [-0.2, 0) is 20.7 Å². The van der Waals surface area contributed by atoms with Crippen molar-refractivity contribution in [3.05, 3.63) is 46.3 Å². The molecule has 3 N–H and O–H groups in total. The maximum Gasteiger partial charge on any atom is 0.312 e. The van der Waals surface area contributed by atoms with E-state index in [2.05, 4.69) is 10.3 Å². The monoisotopic (exact) mass is 445 g/mol. The number of aromatic nitrogens is 1. The average Bonchev–Trinajstić information content (AvgIpc) is 3.36. The van der Waals surface area contributed by atoms with Crippen LogP contribution in [-0.4, -0.2) is 29.4 Å². The number of fused-ring (bicyclic) bond motifs is 1. The summed E-state index contributed by atoms with van der Waals surface area (Å²) in [5, 5.41) is 5.43. The number of primary amides is 1. The van der Waals surface area contributed by atoms with E-state index in [1.165, 1.54) is 17.4 Å². The lowest BCUT2D eigenvalue weighted by Gasteiger charge is -2.28. The number of carbonyl (C=O) groups is 3. The maximum atomic E-state index is 12.9. The Morgan fingerprint density at radius 3 is 2.57 bits per heavy atom. The number of hydrogen-bond acceptors (Lipinski definition) is 7. The molecule has 0 bridgehead atoms. The number of nitrogens with one attached hydrogen (secondary N) is 1. The zero-order valence-corrected chi connectivity index (χ0v) is 18.4. The van der Waals surface area contributed by atoms with Crippen molar-refractivity contribution in [2.75, 3.05) is 11.9 Å². The van der Waals surface area contributed by atoms with Gasteiger partial charge >= 0.3 is 5.97 Å². The Morgan fingerprint density at radius 1 is 1.17 bits per heavy atom. The van der Waals surface area contributed by atoms with E-state index in [0.29, 0.717) is 24.3 Å². The highest BCUT2D eigenvalue weighted by Crippen LogP contribution is 2.35. The molecule has 2 aromatic heterocycles. The van der Waals surface area contributed by atoms with Crippen LogP contribution in [0.5, 0.6) is 0 Å². The molecule has 3 aromatic rings. The van der Waals surface area contributed by atoms with Gasteiger partial charge in [0.15, 0.2) is 6.61 Å². The van der Waals surface area contributed by atoms with Gasteiger partial charge in [-0.25, -0.2) is 4.98 Å². The van der Waals surface area contributed by atoms with Gasteiger partial charge < -0.3 is 15.8 Å². The van der Waals surface area contributed by atoms with Crippen LogP contribution in [0, 0.1) is 5.41 Å². The number of hydrogen-bond donors (Lipinski definition) is 2. The first-order valence-electron chi connectivity index (χ1n) is 9.57. The van der Waals surface area contributed by atoms with E-state index in [-0.39, 0.29) is 5.56 Å². The molecular formula is C21H23N3O4S2. The van der Waals surface area contributed by atoms with Crippen LogP contribution >= 0.6 is 22.7 Å². The SMILES string of the molecule is CCC(CC)(Cc1nc2ccccc2s1)C(=O)OCC(=O)Nc1sccc1C(N)=O. The van der Waals surface area contributed by atoms with Gasteiger partial charge in [-0.2, -0.15) is 0 Å². The van der Waals surface area contributed by atoms with Gasteiger partial charge in [0, 0.05) is 6.42 Å². The molecule has 158 valence electrons. The van der Waals surface area contributed by atoms with E-state index < -0.39 is 29.8 Å². The van der Waals surface area contributed by atoms with Crippen molar-refractivity contribution in [3.63, 3.8) is 0 Å². The number of benzene rings is 1. The Bertz CT molecular complexity index is 1040. The number of ether oxygens (including phenoxy) is 1. The minimum absolute atomic E-state index is 0.229. The molecule has 0 spiro atoms. The molecule has 0 saturated heterocycles. The van der Waals surface area contributed by atoms with Crippen molar-refractivity contribution < 1.29 is 19.1 Å². The highest BCUT2D eigenvalue weighted by atomic mass is 32.1. The Kier molecular flexibility index (Phi) is 6.84. The number of para-hydroxylation sites is 1. The van der Waals surface area contributed by atoms with Gasteiger partial charge in [-0.3, -0.25) is 14.4 Å². The third kappa shape index (κ3) is 4.68. The van der Waals surface area contributed by atoms with Crippen LogP contribution in [0.4, 0.5) is 5.00 Å². The molecule has 2 heterocycles. The topological polar surface area (TPSA) is 111 Å².